The number of rotatable bonds is 6. The molecular formula is C17H24N2O3. The van der Waals surface area contributed by atoms with Gasteiger partial charge in [0.15, 0.2) is 0 Å². The minimum Gasteiger partial charge on any atom is -0.468 e. The third-order valence-electron chi connectivity index (χ3n) is 4.29. The van der Waals surface area contributed by atoms with Crippen molar-refractivity contribution in [3.8, 4) is 0 Å². The Morgan fingerprint density at radius 3 is 2.27 bits per heavy atom. The fourth-order valence-corrected chi connectivity index (χ4v) is 2.95. The van der Waals surface area contributed by atoms with Crippen molar-refractivity contribution < 1.29 is 14.3 Å². The molecule has 0 heterocycles. The quantitative estimate of drug-likeness (QED) is 0.642. The number of hydrogen-bond acceptors (Lipinski definition) is 4. The standard InChI is InChI=1S/C17H24N2O3/c1-12(14(19(2)3)13-8-6-5-7-9-13)18-15(20)17(10-11-17)16(21)22-4/h5-9,12,14H,10-11H2,1-4H3,(H,18,20). The normalized spacial score (nSPS) is 18.4. The number of esters is 1. The molecule has 5 nitrogen and oxygen atoms in total. The number of amides is 1. The lowest BCUT2D eigenvalue weighted by molar-refractivity contribution is -0.152. The molecule has 0 aromatic heterocycles. The average molecular weight is 304 g/mol. The van der Waals surface area contributed by atoms with E-state index in [0.29, 0.717) is 12.8 Å². The molecule has 1 fully saturated rings. The van der Waals surface area contributed by atoms with Crippen molar-refractivity contribution in [1.29, 1.82) is 0 Å². The van der Waals surface area contributed by atoms with Crippen LogP contribution in [0.1, 0.15) is 31.4 Å². The summed E-state index contributed by atoms with van der Waals surface area (Å²) in [7, 11) is 5.28. The molecule has 5 heteroatoms. The Balaban J connectivity index is 2.11. The number of nitrogens with zero attached hydrogens (tertiary/aromatic N) is 1. The second kappa shape index (κ2) is 6.48. The zero-order valence-corrected chi connectivity index (χ0v) is 13.6. The summed E-state index contributed by atoms with van der Waals surface area (Å²) < 4.78 is 4.76. The van der Waals surface area contributed by atoms with Crippen molar-refractivity contribution in [1.82, 2.24) is 10.2 Å². The Morgan fingerprint density at radius 2 is 1.82 bits per heavy atom. The minimum absolute atomic E-state index is 0.0404. The first kappa shape index (κ1) is 16.5. The lowest BCUT2D eigenvalue weighted by Gasteiger charge is -2.32. The van der Waals surface area contributed by atoms with Crippen LogP contribution < -0.4 is 5.32 Å². The van der Waals surface area contributed by atoms with Crippen LogP contribution >= 0.6 is 0 Å². The van der Waals surface area contributed by atoms with Crippen molar-refractivity contribution in [3.05, 3.63) is 35.9 Å². The van der Waals surface area contributed by atoms with Gasteiger partial charge in [0, 0.05) is 6.04 Å². The molecule has 22 heavy (non-hydrogen) atoms. The molecule has 0 radical (unpaired) electrons. The van der Waals surface area contributed by atoms with Gasteiger partial charge < -0.3 is 15.0 Å². The van der Waals surface area contributed by atoms with E-state index in [1.54, 1.807) is 0 Å². The fourth-order valence-electron chi connectivity index (χ4n) is 2.95. The van der Waals surface area contributed by atoms with E-state index < -0.39 is 11.4 Å². The molecule has 0 aliphatic heterocycles. The van der Waals surface area contributed by atoms with Gasteiger partial charge in [-0.25, -0.2) is 0 Å². The molecule has 0 bridgehead atoms. The highest BCUT2D eigenvalue weighted by atomic mass is 16.5. The first-order valence-corrected chi connectivity index (χ1v) is 7.53. The zero-order valence-electron chi connectivity index (χ0n) is 13.6. The van der Waals surface area contributed by atoms with E-state index in [0.717, 1.165) is 5.56 Å². The number of benzene rings is 1. The molecule has 2 rings (SSSR count). The summed E-state index contributed by atoms with van der Waals surface area (Å²) in [6.45, 7) is 1.96. The third-order valence-corrected chi connectivity index (χ3v) is 4.29. The molecule has 1 aliphatic rings. The second-order valence-corrected chi connectivity index (χ2v) is 6.15. The molecule has 1 N–H and O–H groups in total. The van der Waals surface area contributed by atoms with Crippen LogP contribution in [0.25, 0.3) is 0 Å². The maximum atomic E-state index is 12.5. The van der Waals surface area contributed by atoms with Crippen LogP contribution in [0.4, 0.5) is 0 Å². The topological polar surface area (TPSA) is 58.6 Å². The van der Waals surface area contributed by atoms with Crippen molar-refractivity contribution in [2.24, 2.45) is 5.41 Å². The summed E-state index contributed by atoms with van der Waals surface area (Å²) >= 11 is 0. The predicted octanol–water partition coefficient (Wildman–Crippen LogP) is 1.75. The summed E-state index contributed by atoms with van der Waals surface area (Å²) in [5.41, 5.74) is 0.166. The maximum absolute atomic E-state index is 12.5. The van der Waals surface area contributed by atoms with Gasteiger partial charge >= 0.3 is 5.97 Å². The van der Waals surface area contributed by atoms with E-state index >= 15 is 0 Å². The van der Waals surface area contributed by atoms with Crippen LogP contribution in [0, 0.1) is 5.41 Å². The largest absolute Gasteiger partial charge is 0.468 e. The van der Waals surface area contributed by atoms with Gasteiger partial charge in [-0.3, -0.25) is 9.59 Å². The lowest BCUT2D eigenvalue weighted by atomic mass is 9.98. The summed E-state index contributed by atoms with van der Waals surface area (Å²) in [5.74, 6) is -0.659. The van der Waals surface area contributed by atoms with Gasteiger partial charge in [0.2, 0.25) is 5.91 Å². The first-order valence-electron chi connectivity index (χ1n) is 7.53. The van der Waals surface area contributed by atoms with E-state index in [1.807, 2.05) is 51.4 Å². The highest BCUT2D eigenvalue weighted by molar-refractivity contribution is 6.05. The van der Waals surface area contributed by atoms with Gasteiger partial charge in [-0.1, -0.05) is 30.3 Å². The highest BCUT2D eigenvalue weighted by Crippen LogP contribution is 2.47. The molecule has 0 spiro atoms. The number of nitrogens with one attached hydrogen (secondary N) is 1. The summed E-state index contributed by atoms with van der Waals surface area (Å²) in [6, 6.07) is 9.94. The van der Waals surface area contributed by atoms with Crippen LogP contribution in [0.15, 0.2) is 30.3 Å². The maximum Gasteiger partial charge on any atom is 0.321 e. The molecule has 1 aromatic carbocycles. The van der Waals surface area contributed by atoms with Gasteiger partial charge in [0.25, 0.3) is 0 Å². The van der Waals surface area contributed by atoms with Gasteiger partial charge in [0.1, 0.15) is 5.41 Å². The summed E-state index contributed by atoms with van der Waals surface area (Å²) in [5, 5.41) is 3.00. The van der Waals surface area contributed by atoms with Crippen LogP contribution in [0.3, 0.4) is 0 Å². The van der Waals surface area contributed by atoms with Gasteiger partial charge in [-0.2, -0.15) is 0 Å². The molecule has 1 aliphatic carbocycles. The van der Waals surface area contributed by atoms with Crippen molar-refractivity contribution >= 4 is 11.9 Å². The molecule has 1 saturated carbocycles. The van der Waals surface area contributed by atoms with Crippen molar-refractivity contribution in [2.75, 3.05) is 21.2 Å². The molecule has 2 atom stereocenters. The molecular weight excluding hydrogens is 280 g/mol. The Bertz CT molecular complexity index is 538. The lowest BCUT2D eigenvalue weighted by Crippen LogP contribution is -2.47. The van der Waals surface area contributed by atoms with Crippen LogP contribution in [-0.2, 0) is 14.3 Å². The third kappa shape index (κ3) is 3.14. The number of ether oxygens (including phenoxy) is 1. The van der Waals surface area contributed by atoms with Crippen LogP contribution in [0.2, 0.25) is 0 Å². The number of carbonyl (C=O) groups excluding carboxylic acids is 2. The highest BCUT2D eigenvalue weighted by Gasteiger charge is 2.58. The smallest absolute Gasteiger partial charge is 0.321 e. The predicted molar refractivity (Wildman–Crippen MR) is 84.2 cm³/mol. The van der Waals surface area contributed by atoms with E-state index in [1.165, 1.54) is 7.11 Å². The Hall–Kier alpha value is -1.88. The Morgan fingerprint density at radius 1 is 1.23 bits per heavy atom. The van der Waals surface area contributed by atoms with Crippen LogP contribution in [0.5, 0.6) is 0 Å². The van der Waals surface area contributed by atoms with Gasteiger partial charge in [0.05, 0.1) is 13.2 Å². The van der Waals surface area contributed by atoms with Gasteiger partial charge in [-0.05, 0) is 39.4 Å². The molecule has 0 saturated heterocycles. The molecule has 120 valence electrons. The van der Waals surface area contributed by atoms with Crippen molar-refractivity contribution in [3.63, 3.8) is 0 Å². The van der Waals surface area contributed by atoms with Gasteiger partial charge in [-0.15, -0.1) is 0 Å². The van der Waals surface area contributed by atoms with E-state index in [4.69, 9.17) is 4.74 Å². The fraction of sp³-hybridized carbons (Fsp3) is 0.529. The average Bonchev–Trinajstić information content (AvgIpc) is 3.29. The monoisotopic (exact) mass is 304 g/mol. The van der Waals surface area contributed by atoms with Crippen LogP contribution in [-0.4, -0.2) is 44.0 Å². The Kier molecular flexibility index (Phi) is 4.86. The summed E-state index contributed by atoms with van der Waals surface area (Å²) in [4.78, 5) is 26.3. The Labute approximate surface area is 131 Å². The first-order chi connectivity index (χ1) is 10.4. The molecule has 1 amide bonds. The molecule has 2 unspecified atom stereocenters. The minimum atomic E-state index is -0.962. The summed E-state index contributed by atoms with van der Waals surface area (Å²) in [6.07, 6.45) is 1.13. The number of hydrogen-bond donors (Lipinski definition) is 1. The zero-order chi connectivity index (χ0) is 16.3. The molecule has 1 aromatic rings. The van der Waals surface area contributed by atoms with E-state index in [-0.39, 0.29) is 18.0 Å². The number of likely N-dealkylation sites (N-methyl/N-ethyl adjacent to an activating group) is 1. The number of carbonyl (C=O) groups is 2. The number of methoxy groups -OCH3 is 1. The van der Waals surface area contributed by atoms with Crippen molar-refractivity contribution in [2.45, 2.75) is 31.8 Å². The van der Waals surface area contributed by atoms with E-state index in [9.17, 15) is 9.59 Å². The second-order valence-electron chi connectivity index (χ2n) is 6.15. The SMILES string of the molecule is COC(=O)C1(C(=O)NC(C)C(c2ccccc2)N(C)C)CC1. The van der Waals surface area contributed by atoms with E-state index in [2.05, 4.69) is 10.2 Å².